The van der Waals surface area contributed by atoms with Crippen LogP contribution in [0.5, 0.6) is 0 Å². The molecule has 3 aromatic heterocycles. The second kappa shape index (κ2) is 23.1. The minimum absolute atomic E-state index is 0.00200. The Morgan fingerprint density at radius 3 is 1.19 bits per heavy atom. The van der Waals surface area contributed by atoms with Crippen molar-refractivity contribution in [3.05, 3.63) is 269 Å². The number of halogens is 4. The first-order chi connectivity index (χ1) is 40.6. The Hall–Kier alpha value is -10.5. The second-order valence-corrected chi connectivity index (χ2v) is 23.0. The van der Waals surface area contributed by atoms with Gasteiger partial charge in [-0.15, -0.1) is 0 Å². The fourth-order valence-electron chi connectivity index (χ4n) is 10.1. The van der Waals surface area contributed by atoms with E-state index in [4.69, 9.17) is 19.7 Å². The summed E-state index contributed by atoms with van der Waals surface area (Å²) in [6.07, 6.45) is 5.13. The standard InChI is InChI=1S/C24H19F2N3.C24H21N3.C23H17F2N3O/c1-24(2,3)15-8-11-22-21(12-15)28-14-29(22)16-9-10-18(25)17(13-16)23-19(26)6-5-7-20(23)27-4;1-24(2,3)18-12-13-23-22(15-18)26-16-27(23)19-9-7-8-17(14-19)20-10-5-6-11-21(20)25-4;1-23(2,29)14-7-10-21-20(11-14)27-13-28(21)15-8-9-17(24)16(12-15)22-18(25)5-4-6-19(22)26-3/h5-14H,1-3H3;5-16H,1-3H3;4-13,29H,1-2H3. The van der Waals surface area contributed by atoms with E-state index in [1.807, 2.05) is 65.5 Å². The van der Waals surface area contributed by atoms with Crippen LogP contribution in [0.25, 0.3) is 98.1 Å². The number of para-hydroxylation sites is 1. The third kappa shape index (κ3) is 11.8. The largest absolute Gasteiger partial charge is 0.386 e. The number of rotatable bonds is 7. The van der Waals surface area contributed by atoms with Crippen LogP contribution in [0.15, 0.2) is 195 Å². The van der Waals surface area contributed by atoms with Crippen LogP contribution >= 0.6 is 0 Å². The molecule has 0 spiro atoms. The van der Waals surface area contributed by atoms with E-state index in [0.717, 1.165) is 50.0 Å². The number of hydrogen-bond acceptors (Lipinski definition) is 4. The SMILES string of the molecule is [C-]#[N+]c1cccc(F)c1-c1cc(-n2cnc3cc(C(C)(C)C)ccc32)ccc1F.[C-]#[N+]c1cccc(F)c1-c1cc(-n2cnc3cc(C(C)(C)O)ccc32)ccc1F.[C-]#[N+]c1ccccc1-c1cccc(-n2cnc3cc(C(C)(C)C)ccc32)c1. The number of imidazole rings is 3. The molecular formula is C71H57F4N9O. The Bertz CT molecular complexity index is 4460. The van der Waals surface area contributed by atoms with Crippen molar-refractivity contribution in [1.82, 2.24) is 28.7 Å². The van der Waals surface area contributed by atoms with Crippen molar-refractivity contribution in [2.75, 3.05) is 0 Å². The number of aliphatic hydroxyl groups is 1. The zero-order chi connectivity index (χ0) is 60.5. The van der Waals surface area contributed by atoms with Gasteiger partial charge >= 0.3 is 0 Å². The van der Waals surface area contributed by atoms with Gasteiger partial charge in [0.15, 0.2) is 17.1 Å². The van der Waals surface area contributed by atoms with Crippen molar-refractivity contribution >= 4 is 50.2 Å². The van der Waals surface area contributed by atoms with Gasteiger partial charge in [-0.3, -0.25) is 13.7 Å². The molecule has 0 amide bonds. The van der Waals surface area contributed by atoms with Gasteiger partial charge < -0.3 is 5.11 Å². The van der Waals surface area contributed by atoms with Crippen LogP contribution in [-0.2, 0) is 16.4 Å². The maximum atomic E-state index is 14.6. The molecule has 0 saturated heterocycles. The maximum absolute atomic E-state index is 14.6. The zero-order valence-corrected chi connectivity index (χ0v) is 48.0. The number of fused-ring (bicyclic) bond motifs is 3. The van der Waals surface area contributed by atoms with Crippen LogP contribution in [0.4, 0.5) is 34.6 Å². The molecule has 420 valence electrons. The maximum Gasteiger partial charge on any atom is 0.197 e. The predicted octanol–water partition coefficient (Wildman–Crippen LogP) is 19.1. The van der Waals surface area contributed by atoms with E-state index in [1.54, 1.807) is 61.4 Å². The summed E-state index contributed by atoms with van der Waals surface area (Å²) in [5.41, 5.74) is 12.5. The van der Waals surface area contributed by atoms with E-state index in [2.05, 4.69) is 112 Å². The van der Waals surface area contributed by atoms with Gasteiger partial charge in [0, 0.05) is 39.3 Å². The van der Waals surface area contributed by atoms with E-state index in [-0.39, 0.29) is 44.5 Å². The van der Waals surface area contributed by atoms with Gasteiger partial charge in [0.1, 0.15) is 42.3 Å². The Morgan fingerprint density at radius 2 is 0.765 bits per heavy atom. The van der Waals surface area contributed by atoms with Crippen LogP contribution in [-0.4, -0.2) is 33.8 Å². The van der Waals surface area contributed by atoms with Crippen LogP contribution in [0.3, 0.4) is 0 Å². The van der Waals surface area contributed by atoms with Crippen LogP contribution in [0.1, 0.15) is 72.1 Å². The third-order valence-electron chi connectivity index (χ3n) is 14.8. The van der Waals surface area contributed by atoms with Gasteiger partial charge in [-0.05, 0) is 150 Å². The molecule has 0 bridgehead atoms. The number of aromatic nitrogens is 6. The molecule has 85 heavy (non-hydrogen) atoms. The summed E-state index contributed by atoms with van der Waals surface area (Å²) >= 11 is 0. The molecule has 12 rings (SSSR count). The van der Waals surface area contributed by atoms with Gasteiger partial charge in [0.25, 0.3) is 0 Å². The molecule has 1 N–H and O–H groups in total. The quantitative estimate of drug-likeness (QED) is 0.127. The summed E-state index contributed by atoms with van der Waals surface area (Å²) in [5, 5.41) is 10.2. The third-order valence-corrected chi connectivity index (χ3v) is 14.8. The summed E-state index contributed by atoms with van der Waals surface area (Å²) in [6.45, 7) is 38.4. The lowest BCUT2D eigenvalue weighted by atomic mass is 9.87. The van der Waals surface area contributed by atoms with Gasteiger partial charge in [-0.2, -0.15) is 0 Å². The van der Waals surface area contributed by atoms with E-state index in [0.29, 0.717) is 22.6 Å². The topological polar surface area (TPSA) is 86.8 Å². The lowest BCUT2D eigenvalue weighted by Gasteiger charge is -2.18. The average molecular weight is 1130 g/mol. The lowest BCUT2D eigenvalue weighted by molar-refractivity contribution is 0.0787. The molecule has 0 fully saturated rings. The Morgan fingerprint density at radius 1 is 0.376 bits per heavy atom. The molecule has 0 aliphatic heterocycles. The number of hydrogen-bond donors (Lipinski definition) is 1. The predicted molar refractivity (Wildman–Crippen MR) is 331 cm³/mol. The molecule has 0 radical (unpaired) electrons. The van der Waals surface area contributed by atoms with E-state index < -0.39 is 28.9 Å². The summed E-state index contributed by atoms with van der Waals surface area (Å²) in [4.78, 5) is 23.8. The summed E-state index contributed by atoms with van der Waals surface area (Å²) in [5.74, 6) is -2.47. The highest BCUT2D eigenvalue weighted by Gasteiger charge is 2.22. The molecule has 10 nitrogen and oxygen atoms in total. The zero-order valence-electron chi connectivity index (χ0n) is 48.0. The molecular weight excluding hydrogens is 1070 g/mol. The van der Waals surface area contributed by atoms with Gasteiger partial charge in [-0.25, -0.2) is 47.0 Å². The molecule has 0 aliphatic rings. The Kier molecular flexibility index (Phi) is 15.7. The highest BCUT2D eigenvalue weighted by Crippen LogP contribution is 2.39. The second-order valence-electron chi connectivity index (χ2n) is 23.0. The van der Waals surface area contributed by atoms with Crippen molar-refractivity contribution < 1.29 is 22.7 Å². The van der Waals surface area contributed by atoms with Crippen molar-refractivity contribution in [1.29, 1.82) is 0 Å². The molecule has 0 aliphatic carbocycles. The van der Waals surface area contributed by atoms with Gasteiger partial charge in [-0.1, -0.05) is 120 Å². The highest BCUT2D eigenvalue weighted by molar-refractivity contribution is 5.86. The molecule has 0 atom stereocenters. The monoisotopic (exact) mass is 1130 g/mol. The lowest BCUT2D eigenvalue weighted by Crippen LogP contribution is -2.15. The summed E-state index contributed by atoms with van der Waals surface area (Å²) in [6, 6.07) is 51.0. The summed E-state index contributed by atoms with van der Waals surface area (Å²) < 4.78 is 63.8. The van der Waals surface area contributed by atoms with Crippen LogP contribution < -0.4 is 0 Å². The van der Waals surface area contributed by atoms with Crippen molar-refractivity contribution in [2.45, 2.75) is 71.8 Å². The molecule has 9 aromatic carbocycles. The average Bonchev–Trinajstić information content (AvgIpc) is 4.23. The first-order valence-electron chi connectivity index (χ1n) is 27.2. The van der Waals surface area contributed by atoms with Crippen LogP contribution in [0, 0.1) is 43.0 Å². The van der Waals surface area contributed by atoms with Crippen LogP contribution in [0.2, 0.25) is 0 Å². The minimum Gasteiger partial charge on any atom is -0.386 e. The molecule has 0 saturated carbocycles. The number of benzene rings is 9. The van der Waals surface area contributed by atoms with E-state index in [1.165, 1.54) is 65.7 Å². The molecule has 12 aromatic rings. The summed E-state index contributed by atoms with van der Waals surface area (Å²) in [7, 11) is 0. The Balaban J connectivity index is 0.000000142. The first-order valence-corrected chi connectivity index (χ1v) is 27.2. The van der Waals surface area contributed by atoms with E-state index >= 15 is 0 Å². The number of nitrogens with zero attached hydrogens (tertiary/aromatic N) is 9. The van der Waals surface area contributed by atoms with Crippen molar-refractivity contribution in [2.24, 2.45) is 0 Å². The smallest absolute Gasteiger partial charge is 0.197 e. The molecule has 0 unspecified atom stereocenters. The fraction of sp³-hybridized carbons (Fsp3) is 0.155. The van der Waals surface area contributed by atoms with Crippen molar-refractivity contribution in [3.8, 4) is 50.4 Å². The fourth-order valence-corrected chi connectivity index (χ4v) is 10.1. The molecule has 3 heterocycles. The van der Waals surface area contributed by atoms with Gasteiger partial charge in [0.2, 0.25) is 0 Å². The van der Waals surface area contributed by atoms with Gasteiger partial charge in [0.05, 0.1) is 58.4 Å². The Labute approximate surface area is 490 Å². The normalized spacial score (nSPS) is 11.6. The minimum atomic E-state index is -0.998. The highest BCUT2D eigenvalue weighted by atomic mass is 19.1. The van der Waals surface area contributed by atoms with E-state index in [9.17, 15) is 22.7 Å². The van der Waals surface area contributed by atoms with Crippen molar-refractivity contribution in [3.63, 3.8) is 0 Å². The molecule has 14 heteroatoms. The first kappa shape index (κ1) is 57.8.